The highest BCUT2D eigenvalue weighted by atomic mass is 16.5. The van der Waals surface area contributed by atoms with E-state index in [1.165, 1.54) is 0 Å². The van der Waals surface area contributed by atoms with Gasteiger partial charge in [-0.1, -0.05) is 18.2 Å². The highest BCUT2D eigenvalue weighted by molar-refractivity contribution is 5.86. The van der Waals surface area contributed by atoms with Crippen LogP contribution in [0, 0.1) is 0 Å². The molecule has 1 aromatic carbocycles. The molecule has 1 fully saturated rings. The van der Waals surface area contributed by atoms with E-state index in [2.05, 4.69) is 5.32 Å². The molecule has 0 aliphatic carbocycles. The molecule has 114 valence electrons. The highest BCUT2D eigenvalue weighted by Gasteiger charge is 2.37. The first-order valence-corrected chi connectivity index (χ1v) is 7.58. The summed E-state index contributed by atoms with van der Waals surface area (Å²) in [4.78, 5) is 12.6. The second-order valence-corrected chi connectivity index (χ2v) is 5.82. The first-order valence-electron chi connectivity index (χ1n) is 7.58. The molecule has 2 aliphatic heterocycles. The zero-order chi connectivity index (χ0) is 14.7. The number of carbonyl (C=O) groups excluding carboxylic acids is 1. The van der Waals surface area contributed by atoms with Crippen LogP contribution in [0.3, 0.4) is 0 Å². The molecule has 0 aromatic heterocycles. The SMILES string of the molecule is NC1(C(=O)NC2CCCOc3ccccc32)CCOCC1. The Balaban J connectivity index is 1.76. The molecule has 2 aliphatic rings. The number of carbonyl (C=O) groups is 1. The Morgan fingerprint density at radius 2 is 2.00 bits per heavy atom. The van der Waals surface area contributed by atoms with Gasteiger partial charge >= 0.3 is 0 Å². The Labute approximate surface area is 124 Å². The number of amides is 1. The molecule has 3 rings (SSSR count). The molecule has 2 heterocycles. The molecular formula is C16H22N2O3. The molecule has 0 radical (unpaired) electrons. The fraction of sp³-hybridized carbons (Fsp3) is 0.562. The minimum absolute atomic E-state index is 0.0283. The van der Waals surface area contributed by atoms with Gasteiger partial charge < -0.3 is 20.5 Å². The number of hydrogen-bond acceptors (Lipinski definition) is 4. The van der Waals surface area contributed by atoms with Gasteiger partial charge in [-0.25, -0.2) is 0 Å². The number of hydrogen-bond donors (Lipinski definition) is 2. The number of nitrogens with two attached hydrogens (primary N) is 1. The Morgan fingerprint density at radius 1 is 1.24 bits per heavy atom. The standard InChI is InChI=1S/C16H22N2O3/c17-16(7-10-20-11-8-16)15(19)18-13-5-3-9-21-14-6-2-1-4-12(13)14/h1-2,4,6,13H,3,5,7-11,17H2,(H,18,19). The third-order valence-corrected chi connectivity index (χ3v) is 4.33. The Morgan fingerprint density at radius 3 is 2.81 bits per heavy atom. The number of rotatable bonds is 2. The maximum atomic E-state index is 12.6. The van der Waals surface area contributed by atoms with Gasteiger partial charge in [0.25, 0.3) is 0 Å². The fourth-order valence-electron chi connectivity index (χ4n) is 2.94. The minimum Gasteiger partial charge on any atom is -0.493 e. The van der Waals surface area contributed by atoms with E-state index < -0.39 is 5.54 Å². The van der Waals surface area contributed by atoms with Gasteiger partial charge in [-0.2, -0.15) is 0 Å². The predicted molar refractivity (Wildman–Crippen MR) is 79.0 cm³/mol. The molecule has 1 atom stereocenters. The van der Waals surface area contributed by atoms with Crippen LogP contribution in [0.25, 0.3) is 0 Å². The lowest BCUT2D eigenvalue weighted by atomic mass is 9.89. The molecule has 21 heavy (non-hydrogen) atoms. The van der Waals surface area contributed by atoms with Gasteiger partial charge in [-0.3, -0.25) is 4.79 Å². The van der Waals surface area contributed by atoms with Crippen LogP contribution >= 0.6 is 0 Å². The zero-order valence-electron chi connectivity index (χ0n) is 12.1. The summed E-state index contributed by atoms with van der Waals surface area (Å²) in [6.45, 7) is 1.79. The summed E-state index contributed by atoms with van der Waals surface area (Å²) in [6.07, 6.45) is 2.93. The minimum atomic E-state index is -0.805. The molecule has 1 aromatic rings. The van der Waals surface area contributed by atoms with Crippen molar-refractivity contribution >= 4 is 5.91 Å². The number of para-hydroxylation sites is 1. The monoisotopic (exact) mass is 290 g/mol. The van der Waals surface area contributed by atoms with Gasteiger partial charge in [0.2, 0.25) is 5.91 Å². The van der Waals surface area contributed by atoms with Crippen LogP contribution in [0.15, 0.2) is 24.3 Å². The summed E-state index contributed by atoms with van der Waals surface area (Å²) in [5.74, 6) is 0.783. The van der Waals surface area contributed by atoms with Crippen LogP contribution < -0.4 is 15.8 Å². The van der Waals surface area contributed by atoms with Crippen molar-refractivity contribution < 1.29 is 14.3 Å². The summed E-state index contributed by atoms with van der Waals surface area (Å²) >= 11 is 0. The Kier molecular flexibility index (Phi) is 4.12. The van der Waals surface area contributed by atoms with E-state index in [1.807, 2.05) is 24.3 Å². The topological polar surface area (TPSA) is 73.6 Å². The second-order valence-electron chi connectivity index (χ2n) is 5.82. The van der Waals surface area contributed by atoms with E-state index in [4.69, 9.17) is 15.2 Å². The fourth-order valence-corrected chi connectivity index (χ4v) is 2.94. The number of nitrogens with one attached hydrogen (secondary N) is 1. The zero-order valence-corrected chi connectivity index (χ0v) is 12.1. The first-order chi connectivity index (χ1) is 10.2. The second kappa shape index (κ2) is 6.03. The lowest BCUT2D eigenvalue weighted by molar-refractivity contribution is -0.130. The number of benzene rings is 1. The van der Waals surface area contributed by atoms with Crippen molar-refractivity contribution in [1.82, 2.24) is 5.32 Å². The van der Waals surface area contributed by atoms with Crippen molar-refractivity contribution in [3.05, 3.63) is 29.8 Å². The normalized spacial score (nSPS) is 24.3. The molecule has 1 unspecified atom stereocenters. The summed E-state index contributed by atoms with van der Waals surface area (Å²) in [6, 6.07) is 7.86. The average molecular weight is 290 g/mol. The summed E-state index contributed by atoms with van der Waals surface area (Å²) in [5, 5.41) is 3.13. The van der Waals surface area contributed by atoms with Gasteiger partial charge in [0.15, 0.2) is 0 Å². The smallest absolute Gasteiger partial charge is 0.240 e. The molecule has 1 saturated heterocycles. The van der Waals surface area contributed by atoms with E-state index in [-0.39, 0.29) is 11.9 Å². The third-order valence-electron chi connectivity index (χ3n) is 4.33. The van der Waals surface area contributed by atoms with Gasteiger partial charge in [0.05, 0.1) is 18.2 Å². The van der Waals surface area contributed by atoms with Gasteiger partial charge in [-0.15, -0.1) is 0 Å². The summed E-state index contributed by atoms with van der Waals surface area (Å²) in [5.41, 5.74) is 6.49. The van der Waals surface area contributed by atoms with E-state index in [9.17, 15) is 4.79 Å². The van der Waals surface area contributed by atoms with Crippen molar-refractivity contribution in [1.29, 1.82) is 0 Å². The van der Waals surface area contributed by atoms with Crippen molar-refractivity contribution in [2.45, 2.75) is 37.3 Å². The average Bonchev–Trinajstić information content (AvgIpc) is 2.71. The van der Waals surface area contributed by atoms with Crippen molar-refractivity contribution in [2.75, 3.05) is 19.8 Å². The molecule has 3 N–H and O–H groups in total. The maximum Gasteiger partial charge on any atom is 0.240 e. The van der Waals surface area contributed by atoms with Crippen LogP contribution in [0.1, 0.15) is 37.3 Å². The first kappa shape index (κ1) is 14.4. The van der Waals surface area contributed by atoms with Crippen LogP contribution in [-0.2, 0) is 9.53 Å². The van der Waals surface area contributed by atoms with Crippen LogP contribution in [0.5, 0.6) is 5.75 Å². The van der Waals surface area contributed by atoms with Gasteiger partial charge in [-0.05, 0) is 31.7 Å². The van der Waals surface area contributed by atoms with E-state index in [0.717, 1.165) is 24.2 Å². The van der Waals surface area contributed by atoms with Crippen molar-refractivity contribution in [3.63, 3.8) is 0 Å². The summed E-state index contributed by atoms with van der Waals surface area (Å²) in [7, 11) is 0. The van der Waals surface area contributed by atoms with E-state index in [1.54, 1.807) is 0 Å². The van der Waals surface area contributed by atoms with Crippen LogP contribution in [0.2, 0.25) is 0 Å². The molecule has 0 bridgehead atoms. The largest absolute Gasteiger partial charge is 0.493 e. The Bertz CT molecular complexity index is 512. The molecule has 0 spiro atoms. The van der Waals surface area contributed by atoms with Gasteiger partial charge in [0.1, 0.15) is 5.75 Å². The Hall–Kier alpha value is -1.59. The van der Waals surface area contributed by atoms with E-state index >= 15 is 0 Å². The third kappa shape index (κ3) is 3.04. The molecule has 1 amide bonds. The maximum absolute atomic E-state index is 12.6. The quantitative estimate of drug-likeness (QED) is 0.866. The van der Waals surface area contributed by atoms with Crippen LogP contribution in [-0.4, -0.2) is 31.3 Å². The lowest BCUT2D eigenvalue weighted by Crippen LogP contribution is -2.57. The lowest BCUT2D eigenvalue weighted by Gasteiger charge is -2.33. The highest BCUT2D eigenvalue weighted by Crippen LogP contribution is 2.32. The van der Waals surface area contributed by atoms with E-state index in [0.29, 0.717) is 32.7 Å². The predicted octanol–water partition coefficient (Wildman–Crippen LogP) is 1.52. The van der Waals surface area contributed by atoms with Crippen LogP contribution in [0.4, 0.5) is 0 Å². The molecular weight excluding hydrogens is 268 g/mol. The molecule has 5 heteroatoms. The van der Waals surface area contributed by atoms with Gasteiger partial charge in [0, 0.05) is 18.8 Å². The summed E-state index contributed by atoms with van der Waals surface area (Å²) < 4.78 is 11.0. The number of ether oxygens (including phenoxy) is 2. The van der Waals surface area contributed by atoms with Crippen molar-refractivity contribution in [3.8, 4) is 5.75 Å². The molecule has 0 saturated carbocycles. The number of fused-ring (bicyclic) bond motifs is 1. The molecule has 5 nitrogen and oxygen atoms in total. The van der Waals surface area contributed by atoms with Crippen molar-refractivity contribution in [2.24, 2.45) is 5.73 Å².